The van der Waals surface area contributed by atoms with Gasteiger partial charge >= 0.3 is 0 Å². The van der Waals surface area contributed by atoms with Crippen LogP contribution in [0.4, 0.5) is 11.6 Å². The first kappa shape index (κ1) is 15.3. The van der Waals surface area contributed by atoms with Crippen molar-refractivity contribution in [2.75, 3.05) is 37.4 Å². The Bertz CT molecular complexity index is 519. The van der Waals surface area contributed by atoms with Crippen LogP contribution in [0.3, 0.4) is 0 Å². The van der Waals surface area contributed by atoms with Crippen molar-refractivity contribution in [1.82, 2.24) is 9.97 Å². The van der Waals surface area contributed by atoms with E-state index in [2.05, 4.69) is 44.9 Å². The van der Waals surface area contributed by atoms with Crippen molar-refractivity contribution in [3.63, 3.8) is 0 Å². The molecule has 1 aromatic carbocycles. The lowest BCUT2D eigenvalue weighted by molar-refractivity contribution is 0.198. The second kappa shape index (κ2) is 8.92. The van der Waals surface area contributed by atoms with Gasteiger partial charge in [0, 0.05) is 32.9 Å². The molecule has 2 rings (SSSR count). The lowest BCUT2D eigenvalue weighted by atomic mass is 10.1. The molecule has 0 aliphatic heterocycles. The highest BCUT2D eigenvalue weighted by Crippen LogP contribution is 2.09. The Balaban J connectivity index is 1.75. The highest BCUT2D eigenvalue weighted by atomic mass is 16.5. The zero-order valence-corrected chi connectivity index (χ0v) is 12.4. The molecule has 0 fully saturated rings. The fourth-order valence-electron chi connectivity index (χ4n) is 1.96. The number of aromatic nitrogens is 2. The first-order chi connectivity index (χ1) is 10.4. The van der Waals surface area contributed by atoms with E-state index in [4.69, 9.17) is 4.74 Å². The van der Waals surface area contributed by atoms with Gasteiger partial charge in [0.05, 0.1) is 0 Å². The number of hydrogen-bond acceptors (Lipinski definition) is 5. The van der Waals surface area contributed by atoms with Crippen molar-refractivity contribution in [3.8, 4) is 0 Å². The van der Waals surface area contributed by atoms with E-state index in [0.717, 1.165) is 44.2 Å². The molecule has 0 radical (unpaired) electrons. The van der Waals surface area contributed by atoms with Gasteiger partial charge in [0.1, 0.15) is 18.0 Å². The van der Waals surface area contributed by atoms with Crippen molar-refractivity contribution in [2.45, 2.75) is 12.8 Å². The van der Waals surface area contributed by atoms with Crippen LogP contribution in [0.5, 0.6) is 0 Å². The molecule has 112 valence electrons. The van der Waals surface area contributed by atoms with Gasteiger partial charge in [-0.1, -0.05) is 30.3 Å². The van der Waals surface area contributed by atoms with Crippen LogP contribution in [-0.4, -0.2) is 36.8 Å². The molecular formula is C16H22N4O. The van der Waals surface area contributed by atoms with Gasteiger partial charge in [-0.05, 0) is 18.4 Å². The van der Waals surface area contributed by atoms with Crippen molar-refractivity contribution in [1.29, 1.82) is 0 Å². The van der Waals surface area contributed by atoms with E-state index in [1.54, 1.807) is 13.4 Å². The molecule has 0 aliphatic rings. The lowest BCUT2D eigenvalue weighted by Gasteiger charge is -2.08. The SMILES string of the molecule is COCCCNc1cc(NCCc2ccccc2)ncn1. The number of hydrogen-bond donors (Lipinski definition) is 2. The Hall–Kier alpha value is -2.14. The maximum Gasteiger partial charge on any atom is 0.131 e. The summed E-state index contributed by atoms with van der Waals surface area (Å²) in [7, 11) is 1.71. The zero-order chi connectivity index (χ0) is 14.8. The minimum atomic E-state index is 0.750. The quantitative estimate of drug-likeness (QED) is 0.694. The fraction of sp³-hybridized carbons (Fsp3) is 0.375. The molecule has 0 saturated heterocycles. The minimum absolute atomic E-state index is 0.750. The molecule has 0 spiro atoms. The van der Waals surface area contributed by atoms with E-state index in [1.165, 1.54) is 5.56 Å². The Morgan fingerprint density at radius 2 is 1.71 bits per heavy atom. The third-order valence-electron chi connectivity index (χ3n) is 3.06. The van der Waals surface area contributed by atoms with Gasteiger partial charge in [-0.3, -0.25) is 0 Å². The van der Waals surface area contributed by atoms with Crippen molar-refractivity contribution >= 4 is 11.6 Å². The summed E-state index contributed by atoms with van der Waals surface area (Å²) in [5.41, 5.74) is 1.32. The standard InChI is InChI=1S/C16H22N4O/c1-21-11-5-9-17-15-12-16(20-13-19-15)18-10-8-14-6-3-2-4-7-14/h2-4,6-7,12-13H,5,8-11H2,1H3,(H2,17,18,19,20). The smallest absolute Gasteiger partial charge is 0.131 e. The Kier molecular flexibility index (Phi) is 6.48. The Labute approximate surface area is 125 Å². The van der Waals surface area contributed by atoms with Crippen molar-refractivity contribution in [2.24, 2.45) is 0 Å². The van der Waals surface area contributed by atoms with Crippen molar-refractivity contribution < 1.29 is 4.74 Å². The summed E-state index contributed by atoms with van der Waals surface area (Å²) < 4.78 is 5.01. The number of ether oxygens (including phenoxy) is 1. The summed E-state index contributed by atoms with van der Waals surface area (Å²) in [4.78, 5) is 8.43. The molecule has 0 amide bonds. The van der Waals surface area contributed by atoms with E-state index < -0.39 is 0 Å². The van der Waals surface area contributed by atoms with Crippen LogP contribution in [0.1, 0.15) is 12.0 Å². The zero-order valence-electron chi connectivity index (χ0n) is 12.4. The predicted molar refractivity (Wildman–Crippen MR) is 85.7 cm³/mol. The summed E-state index contributed by atoms with van der Waals surface area (Å²) in [6, 6.07) is 12.3. The van der Waals surface area contributed by atoms with Gasteiger partial charge in [-0.2, -0.15) is 0 Å². The molecule has 0 saturated carbocycles. The van der Waals surface area contributed by atoms with Crippen LogP contribution in [0.15, 0.2) is 42.7 Å². The van der Waals surface area contributed by atoms with E-state index in [1.807, 2.05) is 12.1 Å². The van der Waals surface area contributed by atoms with E-state index in [-0.39, 0.29) is 0 Å². The van der Waals surface area contributed by atoms with Gasteiger partial charge in [0.15, 0.2) is 0 Å². The molecule has 5 nitrogen and oxygen atoms in total. The molecule has 1 aromatic heterocycles. The highest BCUT2D eigenvalue weighted by molar-refractivity contribution is 5.46. The summed E-state index contributed by atoms with van der Waals surface area (Å²) in [6.45, 7) is 2.44. The van der Waals surface area contributed by atoms with E-state index in [9.17, 15) is 0 Å². The third-order valence-corrected chi connectivity index (χ3v) is 3.06. The maximum absolute atomic E-state index is 5.01. The summed E-state index contributed by atoms with van der Waals surface area (Å²) in [6.07, 6.45) is 3.50. The van der Waals surface area contributed by atoms with Gasteiger partial charge in [0.25, 0.3) is 0 Å². The normalized spacial score (nSPS) is 10.3. The third kappa shape index (κ3) is 5.79. The second-order valence-electron chi connectivity index (χ2n) is 4.72. The van der Waals surface area contributed by atoms with Crippen LogP contribution in [0.2, 0.25) is 0 Å². The van der Waals surface area contributed by atoms with Gasteiger partial charge < -0.3 is 15.4 Å². The first-order valence-corrected chi connectivity index (χ1v) is 7.21. The summed E-state index contributed by atoms with van der Waals surface area (Å²) in [5.74, 6) is 1.68. The number of rotatable bonds is 9. The monoisotopic (exact) mass is 286 g/mol. The largest absolute Gasteiger partial charge is 0.385 e. The molecule has 0 unspecified atom stereocenters. The summed E-state index contributed by atoms with van der Waals surface area (Å²) >= 11 is 0. The molecular weight excluding hydrogens is 264 g/mol. The van der Waals surface area contributed by atoms with Crippen LogP contribution in [0, 0.1) is 0 Å². The minimum Gasteiger partial charge on any atom is -0.385 e. The van der Waals surface area contributed by atoms with E-state index >= 15 is 0 Å². The molecule has 5 heteroatoms. The highest BCUT2D eigenvalue weighted by Gasteiger charge is 1.98. The molecule has 2 N–H and O–H groups in total. The molecule has 0 bridgehead atoms. The fourth-order valence-corrected chi connectivity index (χ4v) is 1.96. The van der Waals surface area contributed by atoms with Crippen LogP contribution in [-0.2, 0) is 11.2 Å². The molecule has 1 heterocycles. The maximum atomic E-state index is 5.01. The number of nitrogens with zero attached hydrogens (tertiary/aromatic N) is 2. The van der Waals surface area contributed by atoms with Crippen LogP contribution < -0.4 is 10.6 Å². The molecule has 0 atom stereocenters. The Morgan fingerprint density at radius 3 is 2.43 bits per heavy atom. The number of nitrogens with one attached hydrogen (secondary N) is 2. The van der Waals surface area contributed by atoms with Crippen LogP contribution in [0.25, 0.3) is 0 Å². The lowest BCUT2D eigenvalue weighted by Crippen LogP contribution is -2.09. The van der Waals surface area contributed by atoms with Gasteiger partial charge in [-0.15, -0.1) is 0 Å². The number of benzene rings is 1. The molecule has 21 heavy (non-hydrogen) atoms. The predicted octanol–water partition coefficient (Wildman–Crippen LogP) is 2.58. The molecule has 2 aromatic rings. The first-order valence-electron chi connectivity index (χ1n) is 7.21. The number of anilines is 2. The van der Waals surface area contributed by atoms with E-state index in [0.29, 0.717) is 0 Å². The van der Waals surface area contributed by atoms with Gasteiger partial charge in [-0.25, -0.2) is 9.97 Å². The second-order valence-corrected chi connectivity index (χ2v) is 4.72. The average Bonchev–Trinajstić information content (AvgIpc) is 2.53. The van der Waals surface area contributed by atoms with Gasteiger partial charge in [0.2, 0.25) is 0 Å². The Morgan fingerprint density at radius 1 is 1.00 bits per heavy atom. The summed E-state index contributed by atoms with van der Waals surface area (Å²) in [5, 5.41) is 6.58. The average molecular weight is 286 g/mol. The molecule has 0 aliphatic carbocycles. The topological polar surface area (TPSA) is 59.1 Å². The van der Waals surface area contributed by atoms with Crippen LogP contribution >= 0.6 is 0 Å². The van der Waals surface area contributed by atoms with Crippen molar-refractivity contribution in [3.05, 3.63) is 48.3 Å². The number of methoxy groups -OCH3 is 1.